The summed E-state index contributed by atoms with van der Waals surface area (Å²) < 4.78 is 0. The molecule has 1 aliphatic rings. The second kappa shape index (κ2) is 5.01. The van der Waals surface area contributed by atoms with Crippen LogP contribution in [0.4, 0.5) is 5.69 Å². The van der Waals surface area contributed by atoms with Crippen LogP contribution in [0.15, 0.2) is 18.2 Å². The summed E-state index contributed by atoms with van der Waals surface area (Å²) in [6, 6.07) is 5.31. The molecule has 0 aromatic heterocycles. The van der Waals surface area contributed by atoms with Gasteiger partial charge in [-0.3, -0.25) is 4.79 Å². The van der Waals surface area contributed by atoms with Gasteiger partial charge in [-0.25, -0.2) is 0 Å². The van der Waals surface area contributed by atoms with Gasteiger partial charge < -0.3 is 10.4 Å². The van der Waals surface area contributed by atoms with Gasteiger partial charge in [0.15, 0.2) is 0 Å². The molecule has 0 spiro atoms. The maximum absolute atomic E-state index is 12.3. The minimum Gasteiger partial charge on any atom is -0.506 e. The number of aromatic hydroxyl groups is 1. The summed E-state index contributed by atoms with van der Waals surface area (Å²) in [5.41, 5.74) is 1.21. The maximum Gasteiger partial charge on any atom is 0.230 e. The fourth-order valence-corrected chi connectivity index (χ4v) is 2.58. The zero-order valence-corrected chi connectivity index (χ0v) is 11.1. The zero-order valence-electron chi connectivity index (χ0n) is 11.1. The molecule has 2 rings (SSSR count). The summed E-state index contributed by atoms with van der Waals surface area (Å²) in [5.74, 6) is 0.170. The first kappa shape index (κ1) is 12.9. The minimum absolute atomic E-state index is 0.0290. The summed E-state index contributed by atoms with van der Waals surface area (Å²) in [4.78, 5) is 12.3. The number of hydrogen-bond donors (Lipinski definition) is 2. The first-order chi connectivity index (χ1) is 8.51. The van der Waals surface area contributed by atoms with E-state index < -0.39 is 0 Å². The third-order valence-electron chi connectivity index (χ3n) is 3.91. The third kappa shape index (κ3) is 2.66. The van der Waals surface area contributed by atoms with Crippen molar-refractivity contribution < 1.29 is 9.90 Å². The zero-order chi connectivity index (χ0) is 13.2. The van der Waals surface area contributed by atoms with Crippen LogP contribution in [0.5, 0.6) is 5.75 Å². The molecule has 1 fully saturated rings. The third-order valence-corrected chi connectivity index (χ3v) is 3.91. The molecular formula is C15H21NO2. The van der Waals surface area contributed by atoms with Crippen LogP contribution in [0.1, 0.15) is 44.6 Å². The normalized spacial score (nSPS) is 18.3. The number of carbonyl (C=O) groups excluding carboxylic acids is 1. The average Bonchev–Trinajstić information content (AvgIpc) is 2.33. The molecule has 0 unspecified atom stereocenters. The number of phenolic OH excluding ortho intramolecular Hbond substituents is 1. The standard InChI is InChI=1S/C15H21NO2/c1-11-6-7-12(13(17)10-11)16-14(18)15(2)8-4-3-5-9-15/h6-7,10,17H,3-5,8-9H2,1-2H3,(H,16,18). The molecule has 3 nitrogen and oxygen atoms in total. The Morgan fingerprint density at radius 2 is 1.94 bits per heavy atom. The maximum atomic E-state index is 12.3. The lowest BCUT2D eigenvalue weighted by molar-refractivity contribution is -0.126. The number of amides is 1. The highest BCUT2D eigenvalue weighted by Gasteiger charge is 2.34. The number of benzene rings is 1. The molecule has 0 radical (unpaired) electrons. The second-order valence-electron chi connectivity index (χ2n) is 5.60. The molecule has 0 heterocycles. The van der Waals surface area contributed by atoms with Crippen LogP contribution in [-0.4, -0.2) is 11.0 Å². The number of aryl methyl sites for hydroxylation is 1. The SMILES string of the molecule is Cc1ccc(NC(=O)C2(C)CCCCC2)c(O)c1. The molecule has 1 aliphatic carbocycles. The first-order valence-electron chi connectivity index (χ1n) is 6.62. The van der Waals surface area contributed by atoms with Gasteiger partial charge in [-0.15, -0.1) is 0 Å². The van der Waals surface area contributed by atoms with Crippen molar-refractivity contribution >= 4 is 11.6 Å². The van der Waals surface area contributed by atoms with Gasteiger partial charge in [0, 0.05) is 5.41 Å². The Kier molecular flexibility index (Phi) is 3.60. The monoisotopic (exact) mass is 247 g/mol. The van der Waals surface area contributed by atoms with E-state index in [-0.39, 0.29) is 17.1 Å². The lowest BCUT2D eigenvalue weighted by atomic mass is 9.75. The average molecular weight is 247 g/mol. The predicted octanol–water partition coefficient (Wildman–Crippen LogP) is 3.61. The Morgan fingerprint density at radius 1 is 1.28 bits per heavy atom. The number of carbonyl (C=O) groups is 1. The van der Waals surface area contributed by atoms with Crippen LogP contribution in [0.2, 0.25) is 0 Å². The van der Waals surface area contributed by atoms with E-state index in [1.54, 1.807) is 12.1 Å². The molecule has 98 valence electrons. The highest BCUT2D eigenvalue weighted by Crippen LogP contribution is 2.37. The van der Waals surface area contributed by atoms with Gasteiger partial charge in [0.2, 0.25) is 5.91 Å². The van der Waals surface area contributed by atoms with Crippen molar-refractivity contribution in [1.82, 2.24) is 0 Å². The molecule has 0 atom stereocenters. The molecule has 3 heteroatoms. The Balaban J connectivity index is 2.11. The van der Waals surface area contributed by atoms with E-state index in [1.165, 1.54) is 6.42 Å². The van der Waals surface area contributed by atoms with E-state index in [0.717, 1.165) is 31.2 Å². The molecule has 0 bridgehead atoms. The van der Waals surface area contributed by atoms with E-state index in [9.17, 15) is 9.90 Å². The van der Waals surface area contributed by atoms with E-state index >= 15 is 0 Å². The van der Waals surface area contributed by atoms with Gasteiger partial charge in [0.25, 0.3) is 0 Å². The molecule has 1 amide bonds. The Bertz CT molecular complexity index is 448. The summed E-state index contributed by atoms with van der Waals surface area (Å²) in [5, 5.41) is 12.7. The van der Waals surface area contributed by atoms with Crippen LogP contribution < -0.4 is 5.32 Å². The van der Waals surface area contributed by atoms with Gasteiger partial charge >= 0.3 is 0 Å². The van der Waals surface area contributed by atoms with Gasteiger partial charge in [-0.2, -0.15) is 0 Å². The van der Waals surface area contributed by atoms with Gasteiger partial charge in [-0.1, -0.05) is 32.3 Å². The molecular weight excluding hydrogens is 226 g/mol. The quantitative estimate of drug-likeness (QED) is 0.784. The fourth-order valence-electron chi connectivity index (χ4n) is 2.58. The molecule has 2 N–H and O–H groups in total. The predicted molar refractivity (Wildman–Crippen MR) is 72.7 cm³/mol. The van der Waals surface area contributed by atoms with E-state index in [4.69, 9.17) is 0 Å². The van der Waals surface area contributed by atoms with Crippen molar-refractivity contribution in [3.63, 3.8) is 0 Å². The Morgan fingerprint density at radius 3 is 2.56 bits per heavy atom. The van der Waals surface area contributed by atoms with E-state index in [1.807, 2.05) is 19.9 Å². The van der Waals surface area contributed by atoms with Crippen molar-refractivity contribution in [2.75, 3.05) is 5.32 Å². The van der Waals surface area contributed by atoms with Crippen molar-refractivity contribution in [2.24, 2.45) is 5.41 Å². The summed E-state index contributed by atoms with van der Waals surface area (Å²) in [6.07, 6.45) is 5.32. The van der Waals surface area contributed by atoms with Crippen molar-refractivity contribution in [3.8, 4) is 5.75 Å². The number of phenols is 1. The fraction of sp³-hybridized carbons (Fsp3) is 0.533. The van der Waals surface area contributed by atoms with Crippen LogP contribution >= 0.6 is 0 Å². The minimum atomic E-state index is -0.282. The molecule has 18 heavy (non-hydrogen) atoms. The van der Waals surface area contributed by atoms with Gasteiger partial charge in [0.1, 0.15) is 5.75 Å². The Hall–Kier alpha value is -1.51. The number of anilines is 1. The van der Waals surface area contributed by atoms with Gasteiger partial charge in [0.05, 0.1) is 5.69 Å². The number of nitrogens with one attached hydrogen (secondary N) is 1. The molecule has 1 aromatic rings. The van der Waals surface area contributed by atoms with Crippen molar-refractivity contribution in [3.05, 3.63) is 23.8 Å². The summed E-state index contributed by atoms with van der Waals surface area (Å²) >= 11 is 0. The van der Waals surface area contributed by atoms with Crippen LogP contribution in [0.3, 0.4) is 0 Å². The summed E-state index contributed by atoms with van der Waals surface area (Å²) in [6.45, 7) is 3.93. The second-order valence-corrected chi connectivity index (χ2v) is 5.60. The Labute approximate surface area is 108 Å². The molecule has 1 saturated carbocycles. The van der Waals surface area contributed by atoms with E-state index in [0.29, 0.717) is 5.69 Å². The van der Waals surface area contributed by atoms with Crippen molar-refractivity contribution in [1.29, 1.82) is 0 Å². The van der Waals surface area contributed by atoms with E-state index in [2.05, 4.69) is 5.32 Å². The van der Waals surface area contributed by atoms with Crippen LogP contribution in [-0.2, 0) is 4.79 Å². The smallest absolute Gasteiger partial charge is 0.230 e. The number of rotatable bonds is 2. The summed E-state index contributed by atoms with van der Waals surface area (Å²) in [7, 11) is 0. The molecule has 0 aliphatic heterocycles. The topological polar surface area (TPSA) is 49.3 Å². The molecule has 1 aromatic carbocycles. The lowest BCUT2D eigenvalue weighted by Crippen LogP contribution is -2.35. The highest BCUT2D eigenvalue weighted by atomic mass is 16.3. The van der Waals surface area contributed by atoms with Gasteiger partial charge in [-0.05, 0) is 37.5 Å². The van der Waals surface area contributed by atoms with Crippen molar-refractivity contribution in [2.45, 2.75) is 46.0 Å². The number of hydrogen-bond acceptors (Lipinski definition) is 2. The highest BCUT2D eigenvalue weighted by molar-refractivity contribution is 5.96. The first-order valence-corrected chi connectivity index (χ1v) is 6.62. The van der Waals surface area contributed by atoms with Crippen LogP contribution in [0.25, 0.3) is 0 Å². The van der Waals surface area contributed by atoms with Crippen LogP contribution in [0, 0.1) is 12.3 Å². The lowest BCUT2D eigenvalue weighted by Gasteiger charge is -2.32. The molecule has 0 saturated heterocycles. The largest absolute Gasteiger partial charge is 0.506 e.